The molecule has 0 radical (unpaired) electrons. The topological polar surface area (TPSA) is 48.7 Å². The first-order chi connectivity index (χ1) is 8.78. The molecule has 0 spiro atoms. The molecule has 2 atom stereocenters. The summed E-state index contributed by atoms with van der Waals surface area (Å²) in [7, 11) is 0. The van der Waals surface area contributed by atoms with Gasteiger partial charge in [-0.1, -0.05) is 6.08 Å². The largest absolute Gasteiger partial charge is 0.316 e. The monoisotopic (exact) mass is 239 g/mol. The van der Waals surface area contributed by atoms with Crippen LogP contribution in [0.2, 0.25) is 0 Å². The van der Waals surface area contributed by atoms with Crippen LogP contribution in [0.15, 0.2) is 18.3 Å². The zero-order chi connectivity index (χ0) is 12.5. The fraction of sp³-hybridized carbons (Fsp3) is 0.467. The van der Waals surface area contributed by atoms with E-state index in [1.807, 2.05) is 19.2 Å². The maximum Gasteiger partial charge on any atom is 0.101 e. The lowest BCUT2D eigenvalue weighted by molar-refractivity contribution is 0.324. The molecule has 0 aromatic carbocycles. The molecule has 1 fully saturated rings. The highest BCUT2D eigenvalue weighted by Gasteiger charge is 2.30. The van der Waals surface area contributed by atoms with Gasteiger partial charge in [-0.15, -0.1) is 0 Å². The van der Waals surface area contributed by atoms with Crippen LogP contribution in [-0.2, 0) is 0 Å². The Kier molecular flexibility index (Phi) is 2.89. The van der Waals surface area contributed by atoms with Crippen molar-refractivity contribution >= 4 is 5.57 Å². The van der Waals surface area contributed by atoms with Gasteiger partial charge in [-0.2, -0.15) is 5.26 Å². The van der Waals surface area contributed by atoms with Crippen molar-refractivity contribution in [1.29, 1.82) is 5.26 Å². The number of hydrogen-bond acceptors (Lipinski definition) is 3. The average Bonchev–Trinajstić information content (AvgIpc) is 2.83. The second-order valence-corrected chi connectivity index (χ2v) is 5.28. The molecular formula is C15H17N3. The number of pyridine rings is 1. The first kappa shape index (κ1) is 11.4. The van der Waals surface area contributed by atoms with Crippen molar-refractivity contribution in [2.45, 2.75) is 19.8 Å². The van der Waals surface area contributed by atoms with Crippen LogP contribution in [0.25, 0.3) is 5.57 Å². The molecule has 0 bridgehead atoms. The standard InChI is InChI=1S/C15H17N3/c1-10-13(7-16)6-15(9-18-10)12-4-11-2-3-17-8-14(11)5-12/h4,6,9,11,14,17H,2-3,5,8H2,1H3/t11-,14-/m1/s1. The highest BCUT2D eigenvalue weighted by atomic mass is 14.9. The van der Waals surface area contributed by atoms with E-state index >= 15 is 0 Å². The van der Waals surface area contributed by atoms with Crippen molar-refractivity contribution in [2.75, 3.05) is 13.1 Å². The van der Waals surface area contributed by atoms with Crippen LogP contribution in [0.4, 0.5) is 0 Å². The van der Waals surface area contributed by atoms with Crippen LogP contribution in [-0.4, -0.2) is 18.1 Å². The van der Waals surface area contributed by atoms with Gasteiger partial charge in [-0.05, 0) is 61.9 Å². The molecule has 3 nitrogen and oxygen atoms in total. The molecule has 1 saturated heterocycles. The first-order valence-electron chi connectivity index (χ1n) is 6.56. The van der Waals surface area contributed by atoms with Gasteiger partial charge in [0.25, 0.3) is 0 Å². The zero-order valence-corrected chi connectivity index (χ0v) is 10.6. The summed E-state index contributed by atoms with van der Waals surface area (Å²) in [5.74, 6) is 1.45. The SMILES string of the molecule is Cc1ncc(C2=C[C@H]3CCNC[C@H]3C2)cc1C#N. The van der Waals surface area contributed by atoms with Gasteiger partial charge in [0.1, 0.15) is 6.07 Å². The minimum absolute atomic E-state index is 0.696. The highest BCUT2D eigenvalue weighted by Crippen LogP contribution is 2.39. The number of aryl methyl sites for hydroxylation is 1. The van der Waals surface area contributed by atoms with Gasteiger partial charge in [0.05, 0.1) is 11.3 Å². The number of nitrogens with zero attached hydrogens (tertiary/aromatic N) is 2. The molecule has 1 aromatic rings. The highest BCUT2D eigenvalue weighted by molar-refractivity contribution is 5.69. The Morgan fingerprint density at radius 2 is 2.39 bits per heavy atom. The Hall–Kier alpha value is -1.66. The smallest absolute Gasteiger partial charge is 0.101 e. The maximum atomic E-state index is 9.07. The van der Waals surface area contributed by atoms with Gasteiger partial charge in [0, 0.05) is 6.20 Å². The summed E-state index contributed by atoms with van der Waals surface area (Å²) in [6.07, 6.45) is 6.66. The fourth-order valence-corrected chi connectivity index (χ4v) is 3.03. The number of aromatic nitrogens is 1. The van der Waals surface area contributed by atoms with Crippen molar-refractivity contribution in [3.8, 4) is 6.07 Å². The van der Waals surface area contributed by atoms with Gasteiger partial charge < -0.3 is 5.32 Å². The molecule has 18 heavy (non-hydrogen) atoms. The minimum Gasteiger partial charge on any atom is -0.316 e. The Labute approximate surface area is 108 Å². The molecule has 2 heterocycles. The Morgan fingerprint density at radius 1 is 1.50 bits per heavy atom. The van der Waals surface area contributed by atoms with Crippen LogP contribution in [0, 0.1) is 30.1 Å². The van der Waals surface area contributed by atoms with Crippen LogP contribution >= 0.6 is 0 Å². The Morgan fingerprint density at radius 3 is 3.17 bits per heavy atom. The fourth-order valence-electron chi connectivity index (χ4n) is 3.03. The van der Waals surface area contributed by atoms with E-state index < -0.39 is 0 Å². The van der Waals surface area contributed by atoms with E-state index in [1.165, 1.54) is 12.0 Å². The van der Waals surface area contributed by atoms with Crippen molar-refractivity contribution in [2.24, 2.45) is 11.8 Å². The quantitative estimate of drug-likeness (QED) is 0.818. The number of allylic oxidation sites excluding steroid dienone is 2. The molecule has 3 heteroatoms. The number of fused-ring (bicyclic) bond motifs is 1. The summed E-state index contributed by atoms with van der Waals surface area (Å²) < 4.78 is 0. The van der Waals surface area contributed by atoms with E-state index in [1.54, 1.807) is 0 Å². The molecule has 2 aliphatic rings. The predicted molar refractivity (Wildman–Crippen MR) is 70.7 cm³/mol. The number of rotatable bonds is 1. The number of piperidine rings is 1. The molecule has 92 valence electrons. The molecule has 1 aromatic heterocycles. The molecular weight excluding hydrogens is 222 g/mol. The van der Waals surface area contributed by atoms with E-state index in [0.29, 0.717) is 11.5 Å². The van der Waals surface area contributed by atoms with Crippen LogP contribution in [0.1, 0.15) is 29.7 Å². The number of nitriles is 1. The summed E-state index contributed by atoms with van der Waals surface area (Å²) in [5, 5.41) is 12.5. The van der Waals surface area contributed by atoms with Gasteiger partial charge in [-0.3, -0.25) is 4.98 Å². The second-order valence-electron chi connectivity index (χ2n) is 5.28. The Balaban J connectivity index is 1.90. The van der Waals surface area contributed by atoms with E-state index in [9.17, 15) is 0 Å². The van der Waals surface area contributed by atoms with Gasteiger partial charge in [0.2, 0.25) is 0 Å². The lowest BCUT2D eigenvalue weighted by Gasteiger charge is -2.25. The number of hydrogen-bond donors (Lipinski definition) is 1. The molecule has 0 amide bonds. The second kappa shape index (κ2) is 4.55. The minimum atomic E-state index is 0.696. The molecule has 0 unspecified atom stereocenters. The van der Waals surface area contributed by atoms with Crippen molar-refractivity contribution in [1.82, 2.24) is 10.3 Å². The molecule has 1 aliphatic heterocycles. The van der Waals surface area contributed by atoms with E-state index in [-0.39, 0.29) is 0 Å². The molecule has 0 saturated carbocycles. The first-order valence-corrected chi connectivity index (χ1v) is 6.56. The predicted octanol–water partition coefficient (Wildman–Crippen LogP) is 2.27. The summed E-state index contributed by atoms with van der Waals surface area (Å²) >= 11 is 0. The third kappa shape index (κ3) is 1.93. The lowest BCUT2D eigenvalue weighted by Crippen LogP contribution is -2.33. The molecule has 1 N–H and O–H groups in total. The average molecular weight is 239 g/mol. The van der Waals surface area contributed by atoms with Crippen LogP contribution in [0.3, 0.4) is 0 Å². The summed E-state index contributed by atoms with van der Waals surface area (Å²) in [6.45, 7) is 4.13. The van der Waals surface area contributed by atoms with Gasteiger partial charge in [-0.25, -0.2) is 0 Å². The summed E-state index contributed by atoms with van der Waals surface area (Å²) in [4.78, 5) is 4.33. The van der Waals surface area contributed by atoms with Crippen molar-refractivity contribution < 1.29 is 0 Å². The molecule has 1 aliphatic carbocycles. The number of nitrogens with one attached hydrogen (secondary N) is 1. The Bertz CT molecular complexity index is 539. The van der Waals surface area contributed by atoms with E-state index in [0.717, 1.165) is 36.7 Å². The van der Waals surface area contributed by atoms with Crippen LogP contribution in [0.5, 0.6) is 0 Å². The van der Waals surface area contributed by atoms with Gasteiger partial charge >= 0.3 is 0 Å². The van der Waals surface area contributed by atoms with E-state index in [2.05, 4.69) is 22.4 Å². The summed E-state index contributed by atoms with van der Waals surface area (Å²) in [6, 6.07) is 4.20. The van der Waals surface area contributed by atoms with Crippen molar-refractivity contribution in [3.63, 3.8) is 0 Å². The summed E-state index contributed by atoms with van der Waals surface area (Å²) in [5.41, 5.74) is 4.02. The lowest BCUT2D eigenvalue weighted by atomic mass is 9.89. The van der Waals surface area contributed by atoms with E-state index in [4.69, 9.17) is 5.26 Å². The third-order valence-corrected chi connectivity index (χ3v) is 4.14. The normalized spacial score (nSPS) is 26.3. The zero-order valence-electron chi connectivity index (χ0n) is 10.6. The van der Waals surface area contributed by atoms with Crippen LogP contribution < -0.4 is 5.32 Å². The molecule has 3 rings (SSSR count). The maximum absolute atomic E-state index is 9.07. The third-order valence-electron chi connectivity index (χ3n) is 4.14. The van der Waals surface area contributed by atoms with Gasteiger partial charge in [0.15, 0.2) is 0 Å². The van der Waals surface area contributed by atoms with Crippen molar-refractivity contribution in [3.05, 3.63) is 35.2 Å².